The highest BCUT2D eigenvalue weighted by Gasteiger charge is 2.33. The highest BCUT2D eigenvalue weighted by molar-refractivity contribution is 7.91. The van der Waals surface area contributed by atoms with E-state index < -0.39 is 27.6 Å². The summed E-state index contributed by atoms with van der Waals surface area (Å²) >= 11 is 5.77. The molecule has 1 aliphatic heterocycles. The van der Waals surface area contributed by atoms with Crippen LogP contribution in [0.4, 0.5) is 5.69 Å². The zero-order valence-corrected chi connectivity index (χ0v) is 11.9. The van der Waals surface area contributed by atoms with Gasteiger partial charge in [-0.3, -0.25) is 4.79 Å². The topological polar surface area (TPSA) is 101 Å². The Balaban J connectivity index is 2.20. The highest BCUT2D eigenvalue weighted by Crippen LogP contribution is 2.24. The molecule has 6 nitrogen and oxygen atoms in total. The summed E-state index contributed by atoms with van der Waals surface area (Å²) in [5.41, 5.74) is -0.0251. The minimum atomic E-state index is -3.17. The van der Waals surface area contributed by atoms with E-state index in [1.165, 1.54) is 18.2 Å². The van der Waals surface area contributed by atoms with Gasteiger partial charge in [0.15, 0.2) is 9.84 Å². The Bertz CT molecular complexity index is 670. The molecule has 108 valence electrons. The number of carboxylic acid groups (broad SMARTS) is 1. The van der Waals surface area contributed by atoms with Crippen LogP contribution in [0.2, 0.25) is 5.02 Å². The molecule has 1 amide bonds. The molecule has 1 atom stereocenters. The summed E-state index contributed by atoms with van der Waals surface area (Å²) in [7, 11) is -3.17. The van der Waals surface area contributed by atoms with Gasteiger partial charge in [-0.1, -0.05) is 11.6 Å². The van der Waals surface area contributed by atoms with E-state index in [0.717, 1.165) is 0 Å². The Hall–Kier alpha value is -1.60. The van der Waals surface area contributed by atoms with Crippen LogP contribution in [0.1, 0.15) is 16.8 Å². The first kappa shape index (κ1) is 14.8. The number of rotatable bonds is 3. The van der Waals surface area contributed by atoms with Gasteiger partial charge in [-0.05, 0) is 24.6 Å². The molecule has 2 N–H and O–H groups in total. The second-order valence-electron chi connectivity index (χ2n) is 4.58. The number of sulfone groups is 1. The van der Waals surface area contributed by atoms with E-state index in [2.05, 4.69) is 5.32 Å². The third kappa shape index (κ3) is 3.29. The number of carboxylic acids is 1. The predicted molar refractivity (Wildman–Crippen MR) is 73.8 cm³/mol. The number of hydrogen-bond donors (Lipinski definition) is 2. The molecule has 0 radical (unpaired) electrons. The number of amides is 1. The highest BCUT2D eigenvalue weighted by atomic mass is 35.5. The van der Waals surface area contributed by atoms with E-state index in [-0.39, 0.29) is 34.2 Å². The van der Waals surface area contributed by atoms with Crippen molar-refractivity contribution in [1.82, 2.24) is 0 Å². The van der Waals surface area contributed by atoms with Crippen LogP contribution in [0.25, 0.3) is 0 Å². The first-order chi connectivity index (χ1) is 9.28. The molecule has 1 saturated heterocycles. The lowest BCUT2D eigenvalue weighted by atomic mass is 10.1. The van der Waals surface area contributed by atoms with Crippen LogP contribution >= 0.6 is 11.6 Å². The molecule has 20 heavy (non-hydrogen) atoms. The van der Waals surface area contributed by atoms with Crippen LogP contribution in [-0.2, 0) is 14.6 Å². The Morgan fingerprint density at radius 1 is 1.35 bits per heavy atom. The van der Waals surface area contributed by atoms with E-state index in [9.17, 15) is 18.0 Å². The average Bonchev–Trinajstić information content (AvgIpc) is 2.69. The minimum Gasteiger partial charge on any atom is -0.478 e. The van der Waals surface area contributed by atoms with Crippen LogP contribution in [0.3, 0.4) is 0 Å². The van der Waals surface area contributed by atoms with Gasteiger partial charge in [0.2, 0.25) is 5.91 Å². The molecule has 0 spiro atoms. The van der Waals surface area contributed by atoms with Gasteiger partial charge in [0.25, 0.3) is 0 Å². The van der Waals surface area contributed by atoms with Crippen molar-refractivity contribution in [2.45, 2.75) is 6.42 Å². The molecule has 8 heteroatoms. The maximum absolute atomic E-state index is 12.0. The predicted octanol–water partition coefficient (Wildman–Crippen LogP) is 1.41. The van der Waals surface area contributed by atoms with Crippen LogP contribution in [0, 0.1) is 5.92 Å². The van der Waals surface area contributed by atoms with Crippen molar-refractivity contribution in [3.05, 3.63) is 28.8 Å². The number of anilines is 1. The molecule has 0 aliphatic carbocycles. The van der Waals surface area contributed by atoms with Crippen molar-refractivity contribution in [3.63, 3.8) is 0 Å². The molecule has 1 aromatic carbocycles. The summed E-state index contributed by atoms with van der Waals surface area (Å²) in [5, 5.41) is 11.8. The standard InChI is InChI=1S/C12H12ClNO5S/c13-8-1-2-9(12(16)17)10(5-8)14-11(15)7-3-4-20(18,19)6-7/h1-2,5,7H,3-4,6H2,(H,14,15)(H,16,17). The molecule has 0 saturated carbocycles. The van der Waals surface area contributed by atoms with Crippen LogP contribution in [0.15, 0.2) is 18.2 Å². The van der Waals surface area contributed by atoms with Crippen LogP contribution < -0.4 is 5.32 Å². The average molecular weight is 318 g/mol. The lowest BCUT2D eigenvalue weighted by Gasteiger charge is -2.12. The fourth-order valence-corrected chi connectivity index (χ4v) is 3.96. The number of carbonyl (C=O) groups excluding carboxylic acids is 1. The molecule has 1 aliphatic rings. The van der Waals surface area contributed by atoms with Gasteiger partial charge in [0.05, 0.1) is 28.7 Å². The summed E-state index contributed by atoms with van der Waals surface area (Å²) in [4.78, 5) is 23.0. The van der Waals surface area contributed by atoms with E-state index >= 15 is 0 Å². The number of nitrogens with one attached hydrogen (secondary N) is 1. The van der Waals surface area contributed by atoms with Crippen LogP contribution in [-0.4, -0.2) is 36.9 Å². The number of carbonyl (C=O) groups is 2. The smallest absolute Gasteiger partial charge is 0.337 e. The molecule has 0 bridgehead atoms. The molecular formula is C12H12ClNO5S. The molecule has 1 unspecified atom stereocenters. The summed E-state index contributed by atoms with van der Waals surface area (Å²) in [5.74, 6) is -2.58. The Morgan fingerprint density at radius 2 is 2.05 bits per heavy atom. The SMILES string of the molecule is O=C(O)c1ccc(Cl)cc1NC(=O)C1CCS(=O)(=O)C1. The molecule has 1 heterocycles. The van der Waals surface area contributed by atoms with E-state index in [1.807, 2.05) is 0 Å². The first-order valence-electron chi connectivity index (χ1n) is 5.82. The van der Waals surface area contributed by atoms with Crippen molar-refractivity contribution >= 4 is 39.0 Å². The molecule has 2 rings (SSSR count). The van der Waals surface area contributed by atoms with E-state index in [0.29, 0.717) is 0 Å². The van der Waals surface area contributed by atoms with Crippen molar-refractivity contribution in [2.75, 3.05) is 16.8 Å². The van der Waals surface area contributed by atoms with E-state index in [1.54, 1.807) is 0 Å². The molecule has 1 fully saturated rings. The van der Waals surface area contributed by atoms with Crippen LogP contribution in [0.5, 0.6) is 0 Å². The Kier molecular flexibility index (Phi) is 4.01. The Labute approximate surface area is 120 Å². The normalized spacial score (nSPS) is 20.6. The fraction of sp³-hybridized carbons (Fsp3) is 0.333. The largest absolute Gasteiger partial charge is 0.478 e. The minimum absolute atomic E-state index is 0.0214. The summed E-state index contributed by atoms with van der Waals surface area (Å²) in [6, 6.07) is 4.01. The number of aromatic carboxylic acids is 1. The monoisotopic (exact) mass is 317 g/mol. The fourth-order valence-electron chi connectivity index (χ4n) is 2.04. The summed E-state index contributed by atoms with van der Waals surface area (Å²) in [6.45, 7) is 0. The first-order valence-corrected chi connectivity index (χ1v) is 8.02. The van der Waals surface area contributed by atoms with Gasteiger partial charge < -0.3 is 10.4 Å². The molecule has 0 aromatic heterocycles. The van der Waals surface area contributed by atoms with Gasteiger partial charge in [-0.15, -0.1) is 0 Å². The third-order valence-electron chi connectivity index (χ3n) is 3.07. The van der Waals surface area contributed by atoms with Gasteiger partial charge in [-0.25, -0.2) is 13.2 Å². The van der Waals surface area contributed by atoms with Gasteiger partial charge >= 0.3 is 5.97 Å². The van der Waals surface area contributed by atoms with Gasteiger partial charge in [0, 0.05) is 5.02 Å². The van der Waals surface area contributed by atoms with Gasteiger partial charge in [-0.2, -0.15) is 0 Å². The summed E-state index contributed by atoms with van der Waals surface area (Å²) in [6.07, 6.45) is 0.247. The quantitative estimate of drug-likeness (QED) is 0.878. The molecule has 1 aromatic rings. The number of halogens is 1. The maximum Gasteiger partial charge on any atom is 0.337 e. The lowest BCUT2D eigenvalue weighted by Crippen LogP contribution is -2.24. The second kappa shape index (κ2) is 5.41. The lowest BCUT2D eigenvalue weighted by molar-refractivity contribution is -0.119. The van der Waals surface area contributed by atoms with Gasteiger partial charge in [0.1, 0.15) is 0 Å². The van der Waals surface area contributed by atoms with Crippen molar-refractivity contribution in [2.24, 2.45) is 5.92 Å². The molecular weight excluding hydrogens is 306 g/mol. The number of benzene rings is 1. The maximum atomic E-state index is 12.0. The third-order valence-corrected chi connectivity index (χ3v) is 5.08. The van der Waals surface area contributed by atoms with Crippen molar-refractivity contribution in [3.8, 4) is 0 Å². The van der Waals surface area contributed by atoms with E-state index in [4.69, 9.17) is 16.7 Å². The second-order valence-corrected chi connectivity index (χ2v) is 7.25. The zero-order valence-electron chi connectivity index (χ0n) is 10.3. The van der Waals surface area contributed by atoms with Crippen molar-refractivity contribution in [1.29, 1.82) is 0 Å². The number of hydrogen-bond acceptors (Lipinski definition) is 4. The Morgan fingerprint density at radius 3 is 2.60 bits per heavy atom. The van der Waals surface area contributed by atoms with Crippen molar-refractivity contribution < 1.29 is 23.1 Å². The zero-order chi connectivity index (χ0) is 14.9. The summed E-state index contributed by atoms with van der Waals surface area (Å²) < 4.78 is 22.7.